The number of carbonyl (C=O) groups is 1. The maximum absolute atomic E-state index is 11.2. The Hall–Kier alpha value is -2.15. The van der Waals surface area contributed by atoms with Crippen molar-refractivity contribution in [1.29, 1.82) is 0 Å². The fourth-order valence-corrected chi connectivity index (χ4v) is 1.77. The number of carboxylic acid groups (broad SMARTS) is 1. The Morgan fingerprint density at radius 2 is 2.06 bits per heavy atom. The van der Waals surface area contributed by atoms with Crippen LogP contribution in [0, 0.1) is 0 Å². The molecule has 18 heavy (non-hydrogen) atoms. The lowest BCUT2D eigenvalue weighted by molar-refractivity contribution is 0.0690. The van der Waals surface area contributed by atoms with E-state index in [2.05, 4.69) is 15.0 Å². The van der Waals surface area contributed by atoms with Crippen LogP contribution in [0.2, 0.25) is 0 Å². The zero-order chi connectivity index (χ0) is 13.1. The van der Waals surface area contributed by atoms with E-state index < -0.39 is 16.8 Å². The van der Waals surface area contributed by atoms with Crippen LogP contribution in [0.15, 0.2) is 35.7 Å². The van der Waals surface area contributed by atoms with E-state index in [1.165, 1.54) is 24.8 Å². The van der Waals surface area contributed by atoms with Crippen LogP contribution in [0.5, 0.6) is 0 Å². The zero-order valence-corrected chi connectivity index (χ0v) is 10.2. The van der Waals surface area contributed by atoms with Crippen LogP contribution in [0.1, 0.15) is 10.5 Å². The monoisotopic (exact) mass is 263 g/mol. The highest BCUT2D eigenvalue weighted by molar-refractivity contribution is 7.84. The van der Waals surface area contributed by atoms with Crippen LogP contribution < -0.4 is 0 Å². The largest absolute Gasteiger partial charge is 0.476 e. The lowest BCUT2D eigenvalue weighted by atomic mass is 10.2. The topological polar surface area (TPSA) is 93.0 Å². The molecule has 0 bridgehead atoms. The summed E-state index contributed by atoms with van der Waals surface area (Å²) in [7, 11) is -1.15. The highest BCUT2D eigenvalue weighted by Gasteiger charge is 2.08. The Morgan fingerprint density at radius 1 is 1.28 bits per heavy atom. The first-order chi connectivity index (χ1) is 8.58. The van der Waals surface area contributed by atoms with Crippen molar-refractivity contribution >= 4 is 16.8 Å². The molecule has 0 aromatic carbocycles. The van der Waals surface area contributed by atoms with Gasteiger partial charge in [0.25, 0.3) is 0 Å². The molecule has 2 aromatic rings. The molecule has 1 unspecified atom stereocenters. The first-order valence-corrected chi connectivity index (χ1v) is 6.49. The van der Waals surface area contributed by atoms with Gasteiger partial charge >= 0.3 is 5.97 Å². The Bertz CT molecular complexity index is 613. The molecule has 1 atom stereocenters. The summed E-state index contributed by atoms with van der Waals surface area (Å²) in [6.45, 7) is 0. The Labute approximate surface area is 105 Å². The van der Waals surface area contributed by atoms with Gasteiger partial charge in [-0.05, 0) is 12.1 Å². The Kier molecular flexibility index (Phi) is 3.42. The molecule has 0 saturated heterocycles. The summed E-state index contributed by atoms with van der Waals surface area (Å²) < 4.78 is 11.2. The van der Waals surface area contributed by atoms with E-state index in [1.54, 1.807) is 12.1 Å². The lowest BCUT2D eigenvalue weighted by Crippen LogP contribution is -2.02. The molecular weight excluding hydrogens is 254 g/mol. The molecule has 0 aliphatic carbocycles. The normalized spacial score (nSPS) is 12.1. The Balaban J connectivity index is 2.39. The van der Waals surface area contributed by atoms with E-state index in [0.29, 0.717) is 16.3 Å². The molecule has 2 aromatic heterocycles. The van der Waals surface area contributed by atoms with E-state index in [4.69, 9.17) is 5.11 Å². The molecule has 0 aliphatic rings. The van der Waals surface area contributed by atoms with Crippen molar-refractivity contribution in [2.24, 2.45) is 0 Å². The highest BCUT2D eigenvalue weighted by atomic mass is 32.2. The lowest BCUT2D eigenvalue weighted by Gasteiger charge is -2.02. The van der Waals surface area contributed by atoms with Gasteiger partial charge in [0.1, 0.15) is 5.03 Å². The number of nitrogens with zero attached hydrogens (tertiary/aromatic N) is 3. The van der Waals surface area contributed by atoms with Gasteiger partial charge in [0.15, 0.2) is 5.69 Å². The summed E-state index contributed by atoms with van der Waals surface area (Å²) in [5, 5.41) is 9.27. The summed E-state index contributed by atoms with van der Waals surface area (Å²) >= 11 is 0. The number of rotatable bonds is 3. The summed E-state index contributed by atoms with van der Waals surface area (Å²) in [5.74, 6) is -1.14. The van der Waals surface area contributed by atoms with Crippen molar-refractivity contribution in [2.45, 2.75) is 5.03 Å². The van der Waals surface area contributed by atoms with Gasteiger partial charge in [0.2, 0.25) is 0 Å². The highest BCUT2D eigenvalue weighted by Crippen LogP contribution is 2.16. The maximum atomic E-state index is 11.2. The standard InChI is InChI=1S/C11H9N3O3S/c1-18(17)10-3-2-7(4-13-10)8-5-12-6-9(14-8)11(15)16/h2-6H,1H3,(H,15,16). The van der Waals surface area contributed by atoms with Gasteiger partial charge in [0.05, 0.1) is 28.9 Å². The molecule has 0 fully saturated rings. The van der Waals surface area contributed by atoms with Crippen LogP contribution >= 0.6 is 0 Å². The molecule has 0 spiro atoms. The average molecular weight is 263 g/mol. The smallest absolute Gasteiger partial charge is 0.356 e. The van der Waals surface area contributed by atoms with Crippen molar-refractivity contribution in [3.63, 3.8) is 0 Å². The summed E-state index contributed by atoms with van der Waals surface area (Å²) in [4.78, 5) is 22.5. The van der Waals surface area contributed by atoms with Crippen molar-refractivity contribution in [2.75, 3.05) is 6.26 Å². The van der Waals surface area contributed by atoms with Gasteiger partial charge in [-0.25, -0.2) is 14.8 Å². The van der Waals surface area contributed by atoms with Crippen molar-refractivity contribution in [1.82, 2.24) is 15.0 Å². The molecule has 1 N–H and O–H groups in total. The van der Waals surface area contributed by atoms with Gasteiger partial charge in [-0.15, -0.1) is 0 Å². The number of pyridine rings is 1. The molecule has 92 valence electrons. The van der Waals surface area contributed by atoms with Crippen LogP contribution in [0.3, 0.4) is 0 Å². The molecular formula is C11H9N3O3S. The molecule has 2 heterocycles. The van der Waals surface area contributed by atoms with E-state index in [1.807, 2.05) is 0 Å². The number of aromatic nitrogens is 3. The average Bonchev–Trinajstić information content (AvgIpc) is 2.39. The molecule has 0 amide bonds. The summed E-state index contributed by atoms with van der Waals surface area (Å²) in [5.41, 5.74) is 0.909. The minimum absolute atomic E-state index is 0.129. The second-order valence-electron chi connectivity index (χ2n) is 3.43. The SMILES string of the molecule is CS(=O)c1ccc(-c2cncc(C(=O)O)n2)cn1. The summed E-state index contributed by atoms with van der Waals surface area (Å²) in [6.07, 6.45) is 5.65. The number of hydrogen-bond acceptors (Lipinski definition) is 5. The molecule has 0 aliphatic heterocycles. The maximum Gasteiger partial charge on any atom is 0.356 e. The number of carboxylic acids is 1. The Morgan fingerprint density at radius 3 is 2.61 bits per heavy atom. The predicted octanol–water partition coefficient (Wildman–Crippen LogP) is 0.974. The van der Waals surface area contributed by atoms with Crippen molar-refractivity contribution < 1.29 is 14.1 Å². The van der Waals surface area contributed by atoms with Gasteiger partial charge in [-0.3, -0.25) is 9.19 Å². The van der Waals surface area contributed by atoms with Gasteiger partial charge in [-0.2, -0.15) is 0 Å². The van der Waals surface area contributed by atoms with Crippen molar-refractivity contribution in [3.05, 3.63) is 36.4 Å². The predicted molar refractivity (Wildman–Crippen MR) is 64.6 cm³/mol. The summed E-state index contributed by atoms with van der Waals surface area (Å²) in [6, 6.07) is 3.29. The van der Waals surface area contributed by atoms with Crippen LogP contribution in [0.4, 0.5) is 0 Å². The van der Waals surface area contributed by atoms with E-state index in [0.717, 1.165) is 0 Å². The van der Waals surface area contributed by atoms with Crippen LogP contribution in [0.25, 0.3) is 11.3 Å². The second-order valence-corrected chi connectivity index (χ2v) is 4.76. The molecule has 0 saturated carbocycles. The number of hydrogen-bond donors (Lipinski definition) is 1. The second kappa shape index (κ2) is 5.01. The zero-order valence-electron chi connectivity index (χ0n) is 9.40. The fourth-order valence-electron chi connectivity index (χ4n) is 1.31. The van der Waals surface area contributed by atoms with Crippen LogP contribution in [-0.4, -0.2) is 36.5 Å². The van der Waals surface area contributed by atoms with Gasteiger partial charge < -0.3 is 5.11 Å². The minimum atomic E-state index is -1.15. The minimum Gasteiger partial charge on any atom is -0.476 e. The van der Waals surface area contributed by atoms with Crippen molar-refractivity contribution in [3.8, 4) is 11.3 Å². The van der Waals surface area contributed by atoms with E-state index in [9.17, 15) is 9.00 Å². The molecule has 7 heteroatoms. The molecule has 0 radical (unpaired) electrons. The van der Waals surface area contributed by atoms with Gasteiger partial charge in [-0.1, -0.05) is 0 Å². The van der Waals surface area contributed by atoms with Crippen LogP contribution in [-0.2, 0) is 10.8 Å². The third-order valence-corrected chi connectivity index (χ3v) is 3.01. The fraction of sp³-hybridized carbons (Fsp3) is 0.0909. The molecule has 2 rings (SSSR count). The first kappa shape index (κ1) is 12.3. The number of aromatic carboxylic acids is 1. The first-order valence-electron chi connectivity index (χ1n) is 4.93. The van der Waals surface area contributed by atoms with E-state index >= 15 is 0 Å². The van der Waals surface area contributed by atoms with Gasteiger partial charge in [0, 0.05) is 18.0 Å². The molecule has 6 nitrogen and oxygen atoms in total. The third kappa shape index (κ3) is 2.57. The third-order valence-electron chi connectivity index (χ3n) is 2.18. The quantitative estimate of drug-likeness (QED) is 0.887. The van der Waals surface area contributed by atoms with E-state index in [-0.39, 0.29) is 5.69 Å².